The maximum Gasteiger partial charge on any atom is 0.220 e. The maximum absolute atomic E-state index is 11.7. The van der Waals surface area contributed by atoms with Gasteiger partial charge in [-0.05, 0) is 43.7 Å². The predicted octanol–water partition coefficient (Wildman–Crippen LogP) is 2.18. The summed E-state index contributed by atoms with van der Waals surface area (Å²) in [5.41, 5.74) is 0. The Hall–Kier alpha value is -1.56. The Kier molecular flexibility index (Phi) is 6.89. The van der Waals surface area contributed by atoms with Crippen LogP contribution in [-0.4, -0.2) is 39.0 Å². The molecule has 0 radical (unpaired) electrons. The van der Waals surface area contributed by atoms with Crippen molar-refractivity contribution in [3.05, 3.63) is 30.3 Å². The highest BCUT2D eigenvalue weighted by Gasteiger charge is 2.27. The lowest BCUT2D eigenvalue weighted by Gasteiger charge is -2.09. The van der Waals surface area contributed by atoms with Gasteiger partial charge in [0.25, 0.3) is 0 Å². The molecule has 1 aliphatic heterocycles. The molecule has 0 bridgehead atoms. The van der Waals surface area contributed by atoms with Crippen molar-refractivity contribution >= 4 is 15.7 Å². The van der Waals surface area contributed by atoms with Gasteiger partial charge in [-0.15, -0.1) is 0 Å². The van der Waals surface area contributed by atoms with Gasteiger partial charge in [-0.3, -0.25) is 4.79 Å². The number of rotatable bonds is 9. The smallest absolute Gasteiger partial charge is 0.220 e. The third kappa shape index (κ3) is 7.03. The van der Waals surface area contributed by atoms with E-state index in [1.807, 2.05) is 30.3 Å². The number of hydrogen-bond acceptors (Lipinski definition) is 4. The van der Waals surface area contributed by atoms with E-state index in [4.69, 9.17) is 4.74 Å². The quantitative estimate of drug-likeness (QED) is 0.700. The molecule has 0 saturated carbocycles. The van der Waals surface area contributed by atoms with Crippen LogP contribution in [0.25, 0.3) is 0 Å². The fourth-order valence-electron chi connectivity index (χ4n) is 2.75. The van der Waals surface area contributed by atoms with Gasteiger partial charge < -0.3 is 10.1 Å². The second-order valence-corrected chi connectivity index (χ2v) is 8.26. The molecule has 1 aromatic rings. The average Bonchev–Trinajstić information content (AvgIpc) is 2.88. The van der Waals surface area contributed by atoms with Crippen LogP contribution in [0.4, 0.5) is 0 Å². The molecule has 0 spiro atoms. The van der Waals surface area contributed by atoms with E-state index < -0.39 is 9.84 Å². The van der Waals surface area contributed by atoms with Gasteiger partial charge in [0.1, 0.15) is 5.75 Å². The van der Waals surface area contributed by atoms with Crippen LogP contribution in [0.1, 0.15) is 32.1 Å². The lowest BCUT2D eigenvalue weighted by Crippen LogP contribution is -2.25. The van der Waals surface area contributed by atoms with Crippen molar-refractivity contribution < 1.29 is 17.9 Å². The van der Waals surface area contributed by atoms with E-state index in [0.29, 0.717) is 37.5 Å². The normalized spacial score (nSPS) is 19.4. The Balaban J connectivity index is 1.47. The SMILES string of the molecule is O=C(CCCOc1ccccc1)NCCCC1CCS(=O)(=O)C1. The molecule has 1 aliphatic rings. The zero-order valence-corrected chi connectivity index (χ0v) is 14.2. The monoisotopic (exact) mass is 339 g/mol. The number of sulfone groups is 1. The van der Waals surface area contributed by atoms with E-state index in [2.05, 4.69) is 5.32 Å². The number of para-hydroxylation sites is 1. The number of ether oxygens (including phenoxy) is 1. The first-order valence-electron chi connectivity index (χ1n) is 8.20. The minimum absolute atomic E-state index is 0.0284. The lowest BCUT2D eigenvalue weighted by atomic mass is 10.0. The highest BCUT2D eigenvalue weighted by molar-refractivity contribution is 7.91. The summed E-state index contributed by atoms with van der Waals surface area (Å²) >= 11 is 0. The van der Waals surface area contributed by atoms with Gasteiger partial charge in [0.2, 0.25) is 5.91 Å². The summed E-state index contributed by atoms with van der Waals surface area (Å²) in [7, 11) is -2.79. The molecule has 1 unspecified atom stereocenters. The highest BCUT2D eigenvalue weighted by Crippen LogP contribution is 2.22. The van der Waals surface area contributed by atoms with Gasteiger partial charge >= 0.3 is 0 Å². The van der Waals surface area contributed by atoms with Crippen molar-refractivity contribution in [3.8, 4) is 5.75 Å². The van der Waals surface area contributed by atoms with Crippen LogP contribution < -0.4 is 10.1 Å². The molecule has 23 heavy (non-hydrogen) atoms. The molecule has 1 saturated heterocycles. The number of hydrogen-bond donors (Lipinski definition) is 1. The Morgan fingerprint density at radius 1 is 1.22 bits per heavy atom. The van der Waals surface area contributed by atoms with Crippen LogP contribution in [0.15, 0.2) is 30.3 Å². The Morgan fingerprint density at radius 2 is 2.00 bits per heavy atom. The molecule has 128 valence electrons. The van der Waals surface area contributed by atoms with E-state index in [0.717, 1.165) is 25.0 Å². The number of amides is 1. The first-order valence-corrected chi connectivity index (χ1v) is 10.0. The van der Waals surface area contributed by atoms with Crippen molar-refractivity contribution in [1.82, 2.24) is 5.32 Å². The summed E-state index contributed by atoms with van der Waals surface area (Å²) in [4.78, 5) is 11.7. The fraction of sp³-hybridized carbons (Fsp3) is 0.588. The van der Waals surface area contributed by atoms with Crippen LogP contribution in [0.2, 0.25) is 0 Å². The van der Waals surface area contributed by atoms with E-state index in [9.17, 15) is 13.2 Å². The molecule has 1 fully saturated rings. The van der Waals surface area contributed by atoms with Crippen LogP contribution in [0.3, 0.4) is 0 Å². The number of carbonyl (C=O) groups excluding carboxylic acids is 1. The molecule has 0 aliphatic carbocycles. The lowest BCUT2D eigenvalue weighted by molar-refractivity contribution is -0.121. The molecule has 1 amide bonds. The van der Waals surface area contributed by atoms with E-state index in [1.165, 1.54) is 0 Å². The standard InChI is InChI=1S/C17H25NO4S/c19-17(9-5-12-22-16-7-2-1-3-8-16)18-11-4-6-15-10-13-23(20,21)14-15/h1-3,7-8,15H,4-6,9-14H2,(H,18,19). The van der Waals surface area contributed by atoms with Gasteiger partial charge in [0.05, 0.1) is 18.1 Å². The Morgan fingerprint density at radius 3 is 2.70 bits per heavy atom. The van der Waals surface area contributed by atoms with Crippen molar-refractivity contribution in [2.45, 2.75) is 32.1 Å². The second kappa shape index (κ2) is 8.91. The molecular formula is C17H25NO4S. The summed E-state index contributed by atoms with van der Waals surface area (Å²) in [6, 6.07) is 9.54. The van der Waals surface area contributed by atoms with Crippen molar-refractivity contribution in [2.24, 2.45) is 5.92 Å². The van der Waals surface area contributed by atoms with Gasteiger partial charge in [-0.25, -0.2) is 8.42 Å². The molecule has 1 atom stereocenters. The van der Waals surface area contributed by atoms with E-state index >= 15 is 0 Å². The molecule has 1 heterocycles. The van der Waals surface area contributed by atoms with Crippen molar-refractivity contribution in [2.75, 3.05) is 24.7 Å². The third-order valence-electron chi connectivity index (χ3n) is 4.00. The zero-order valence-electron chi connectivity index (χ0n) is 13.4. The van der Waals surface area contributed by atoms with Gasteiger partial charge in [0.15, 0.2) is 9.84 Å². The Labute approximate surface area is 138 Å². The van der Waals surface area contributed by atoms with Gasteiger partial charge in [0, 0.05) is 13.0 Å². The molecule has 0 aromatic heterocycles. The highest BCUT2D eigenvalue weighted by atomic mass is 32.2. The van der Waals surface area contributed by atoms with Crippen LogP contribution in [-0.2, 0) is 14.6 Å². The topological polar surface area (TPSA) is 72.5 Å². The molecule has 5 nitrogen and oxygen atoms in total. The number of carbonyl (C=O) groups is 1. The summed E-state index contributed by atoms with van der Waals surface area (Å²) in [5.74, 6) is 1.76. The maximum atomic E-state index is 11.7. The van der Waals surface area contributed by atoms with E-state index in [1.54, 1.807) is 0 Å². The predicted molar refractivity (Wildman–Crippen MR) is 90.2 cm³/mol. The van der Waals surface area contributed by atoms with E-state index in [-0.39, 0.29) is 11.8 Å². The van der Waals surface area contributed by atoms with Crippen LogP contribution in [0.5, 0.6) is 5.75 Å². The molecule has 1 aromatic carbocycles. The average molecular weight is 339 g/mol. The molecule has 2 rings (SSSR count). The third-order valence-corrected chi connectivity index (χ3v) is 5.84. The summed E-state index contributed by atoms with van der Waals surface area (Å²) in [5, 5.41) is 2.88. The van der Waals surface area contributed by atoms with Crippen LogP contribution in [0, 0.1) is 5.92 Å². The first-order chi connectivity index (χ1) is 11.1. The Bertz CT molecular complexity index is 586. The summed E-state index contributed by atoms with van der Waals surface area (Å²) in [6.45, 7) is 1.15. The van der Waals surface area contributed by atoms with Gasteiger partial charge in [-0.2, -0.15) is 0 Å². The summed E-state index contributed by atoms with van der Waals surface area (Å²) in [6.07, 6.45) is 3.61. The second-order valence-electron chi connectivity index (χ2n) is 6.03. The first kappa shape index (κ1) is 17.8. The number of benzene rings is 1. The zero-order chi connectivity index (χ0) is 16.5. The largest absolute Gasteiger partial charge is 0.494 e. The minimum Gasteiger partial charge on any atom is -0.494 e. The number of nitrogens with one attached hydrogen (secondary N) is 1. The van der Waals surface area contributed by atoms with Crippen LogP contribution >= 0.6 is 0 Å². The fourth-order valence-corrected chi connectivity index (χ4v) is 4.66. The summed E-state index contributed by atoms with van der Waals surface area (Å²) < 4.78 is 28.2. The molecular weight excluding hydrogens is 314 g/mol. The van der Waals surface area contributed by atoms with Gasteiger partial charge in [-0.1, -0.05) is 18.2 Å². The molecule has 1 N–H and O–H groups in total. The van der Waals surface area contributed by atoms with Crippen molar-refractivity contribution in [1.29, 1.82) is 0 Å². The minimum atomic E-state index is -2.79. The molecule has 6 heteroatoms. The van der Waals surface area contributed by atoms with Crippen molar-refractivity contribution in [3.63, 3.8) is 0 Å².